The zero-order chi connectivity index (χ0) is 17.8. The van der Waals surface area contributed by atoms with Crippen molar-refractivity contribution in [2.45, 2.75) is 0 Å². The Bertz CT molecular complexity index is 1020. The molecule has 1 aromatic heterocycles. The highest BCUT2D eigenvalue weighted by Crippen LogP contribution is 2.23. The third-order valence-electron chi connectivity index (χ3n) is 3.47. The van der Waals surface area contributed by atoms with Crippen LogP contribution >= 0.6 is 11.3 Å². The van der Waals surface area contributed by atoms with Crippen molar-refractivity contribution in [2.75, 3.05) is 7.05 Å². The molecule has 0 aliphatic heterocycles. The minimum absolute atomic E-state index is 0.0514. The maximum Gasteiger partial charge on any atom is 0.278 e. The Kier molecular flexibility index (Phi) is 4.80. The summed E-state index contributed by atoms with van der Waals surface area (Å²) < 4.78 is 15.6. The topological polar surface area (TPSA) is 72.8 Å². The predicted molar refractivity (Wildman–Crippen MR) is 95.3 cm³/mol. The molecule has 0 amide bonds. The molecule has 2 aromatic carbocycles. The normalized spacial score (nSPS) is 12.0. The number of benzene rings is 2. The first kappa shape index (κ1) is 16.7. The number of hydrogen-bond acceptors (Lipinski definition) is 5. The molecule has 0 saturated carbocycles. The predicted octanol–water partition coefficient (Wildman–Crippen LogP) is 3.68. The van der Waals surface area contributed by atoms with Crippen LogP contribution in [0.1, 0.15) is 5.56 Å². The number of nitro benzene ring substituents is 1. The summed E-state index contributed by atoms with van der Waals surface area (Å²) >= 11 is 1.31. The van der Waals surface area contributed by atoms with Gasteiger partial charge in [-0.25, -0.2) is 9.07 Å². The van der Waals surface area contributed by atoms with Crippen molar-refractivity contribution in [3.8, 4) is 11.3 Å². The summed E-state index contributed by atoms with van der Waals surface area (Å²) in [6.07, 6.45) is 1.38. The number of nitro groups is 1. The van der Waals surface area contributed by atoms with Crippen molar-refractivity contribution in [2.24, 2.45) is 10.1 Å². The van der Waals surface area contributed by atoms with Crippen molar-refractivity contribution >= 4 is 23.2 Å². The van der Waals surface area contributed by atoms with E-state index < -0.39 is 4.92 Å². The molecule has 0 fully saturated rings. The van der Waals surface area contributed by atoms with Gasteiger partial charge < -0.3 is 0 Å². The van der Waals surface area contributed by atoms with Gasteiger partial charge in [0.05, 0.1) is 22.4 Å². The van der Waals surface area contributed by atoms with E-state index in [1.165, 1.54) is 34.4 Å². The molecule has 3 aromatic rings. The molecular weight excluding hydrogens is 343 g/mol. The lowest BCUT2D eigenvalue weighted by molar-refractivity contribution is -0.385. The number of hydrogen-bond donors (Lipinski definition) is 0. The first-order valence-electron chi connectivity index (χ1n) is 7.28. The zero-order valence-electron chi connectivity index (χ0n) is 13.2. The van der Waals surface area contributed by atoms with Crippen LogP contribution in [0.4, 0.5) is 10.1 Å². The van der Waals surface area contributed by atoms with Crippen molar-refractivity contribution in [3.63, 3.8) is 0 Å². The van der Waals surface area contributed by atoms with Crippen LogP contribution in [0, 0.1) is 15.9 Å². The van der Waals surface area contributed by atoms with E-state index in [-0.39, 0.29) is 11.5 Å². The molecule has 0 radical (unpaired) electrons. The van der Waals surface area contributed by atoms with Gasteiger partial charge in [-0.15, -0.1) is 11.3 Å². The Balaban J connectivity index is 2.12. The minimum atomic E-state index is -0.470. The zero-order valence-corrected chi connectivity index (χ0v) is 14.0. The number of para-hydroxylation sites is 1. The average molecular weight is 356 g/mol. The minimum Gasteiger partial charge on any atom is -0.261 e. The van der Waals surface area contributed by atoms with Gasteiger partial charge in [0.15, 0.2) is 0 Å². The first-order chi connectivity index (χ1) is 12.1. The highest BCUT2D eigenvalue weighted by molar-refractivity contribution is 7.07. The summed E-state index contributed by atoms with van der Waals surface area (Å²) in [5.74, 6) is -0.377. The van der Waals surface area contributed by atoms with Crippen LogP contribution in [0.3, 0.4) is 0 Å². The van der Waals surface area contributed by atoms with Crippen molar-refractivity contribution in [1.29, 1.82) is 0 Å². The molecule has 0 bridgehead atoms. The monoisotopic (exact) mass is 356 g/mol. The molecule has 6 nitrogen and oxygen atoms in total. The summed E-state index contributed by atoms with van der Waals surface area (Å²) in [6.45, 7) is 0. The van der Waals surface area contributed by atoms with Gasteiger partial charge in [0.2, 0.25) is 4.80 Å². The summed E-state index contributed by atoms with van der Waals surface area (Å²) in [4.78, 5) is 15.3. The maximum absolute atomic E-state index is 14.1. The summed E-state index contributed by atoms with van der Waals surface area (Å²) in [7, 11) is 1.61. The molecule has 0 unspecified atom stereocenters. The average Bonchev–Trinajstić information content (AvgIpc) is 3.03. The van der Waals surface area contributed by atoms with Crippen LogP contribution in [-0.2, 0) is 0 Å². The summed E-state index contributed by atoms with van der Waals surface area (Å²) in [6, 6.07) is 12.6. The molecule has 25 heavy (non-hydrogen) atoms. The van der Waals surface area contributed by atoms with E-state index in [4.69, 9.17) is 0 Å². The van der Waals surface area contributed by atoms with E-state index in [9.17, 15) is 14.5 Å². The molecule has 1 heterocycles. The third-order valence-corrected chi connectivity index (χ3v) is 4.38. The number of halogens is 1. The number of rotatable bonds is 4. The second-order valence-electron chi connectivity index (χ2n) is 4.98. The van der Waals surface area contributed by atoms with E-state index in [1.807, 2.05) is 0 Å². The van der Waals surface area contributed by atoms with E-state index in [0.29, 0.717) is 21.6 Å². The lowest BCUT2D eigenvalue weighted by Gasteiger charge is -2.04. The third kappa shape index (κ3) is 3.38. The van der Waals surface area contributed by atoms with Gasteiger partial charge in [-0.2, -0.15) is 5.10 Å². The Morgan fingerprint density at radius 1 is 1.20 bits per heavy atom. The Labute approximate surface area is 146 Å². The highest BCUT2D eigenvalue weighted by Gasteiger charge is 2.13. The fourth-order valence-corrected chi connectivity index (χ4v) is 3.09. The SMILES string of the molecule is CN=c1scc(-c2ccccc2F)n1/N=C\c1ccccc1[N+](=O)[O-]. The van der Waals surface area contributed by atoms with E-state index in [2.05, 4.69) is 10.1 Å². The Morgan fingerprint density at radius 3 is 2.64 bits per heavy atom. The molecule has 126 valence electrons. The van der Waals surface area contributed by atoms with Crippen LogP contribution in [-0.4, -0.2) is 22.9 Å². The van der Waals surface area contributed by atoms with Crippen molar-refractivity contribution in [1.82, 2.24) is 4.68 Å². The smallest absolute Gasteiger partial charge is 0.261 e. The van der Waals surface area contributed by atoms with Crippen molar-refractivity contribution in [3.05, 3.63) is 80.2 Å². The number of thiazole rings is 1. The second kappa shape index (κ2) is 7.18. The van der Waals surface area contributed by atoms with Gasteiger partial charge in [0.25, 0.3) is 5.69 Å². The van der Waals surface area contributed by atoms with Crippen LogP contribution in [0.15, 0.2) is 64.0 Å². The summed E-state index contributed by atoms with van der Waals surface area (Å²) in [5.41, 5.74) is 1.21. The molecule has 8 heteroatoms. The molecule has 0 saturated heterocycles. The molecule has 0 N–H and O–H groups in total. The van der Waals surface area contributed by atoms with Gasteiger partial charge >= 0.3 is 0 Å². The molecule has 0 spiro atoms. The number of aromatic nitrogens is 1. The largest absolute Gasteiger partial charge is 0.278 e. The second-order valence-corrected chi connectivity index (χ2v) is 5.82. The maximum atomic E-state index is 14.1. The molecule has 0 aliphatic rings. The van der Waals surface area contributed by atoms with Crippen molar-refractivity contribution < 1.29 is 9.31 Å². The first-order valence-corrected chi connectivity index (χ1v) is 8.16. The van der Waals surface area contributed by atoms with Crippen LogP contribution < -0.4 is 4.80 Å². The molecular formula is C17H13FN4O2S. The molecule has 0 atom stereocenters. The number of nitrogens with zero attached hydrogens (tertiary/aromatic N) is 4. The molecule has 3 rings (SSSR count). The fourth-order valence-electron chi connectivity index (χ4n) is 2.30. The lowest BCUT2D eigenvalue weighted by atomic mass is 10.1. The quantitative estimate of drug-likeness (QED) is 0.406. The van der Waals surface area contributed by atoms with Crippen LogP contribution in [0.25, 0.3) is 11.3 Å². The van der Waals surface area contributed by atoms with Gasteiger partial charge in [-0.05, 0) is 18.2 Å². The summed E-state index contributed by atoms with van der Waals surface area (Å²) in [5, 5.41) is 17.2. The van der Waals surface area contributed by atoms with E-state index in [1.54, 1.807) is 48.8 Å². The lowest BCUT2D eigenvalue weighted by Crippen LogP contribution is -2.12. The van der Waals surface area contributed by atoms with Gasteiger partial charge in [-0.3, -0.25) is 15.1 Å². The van der Waals surface area contributed by atoms with E-state index >= 15 is 0 Å². The fraction of sp³-hybridized carbons (Fsp3) is 0.0588. The van der Waals surface area contributed by atoms with Crippen LogP contribution in [0.2, 0.25) is 0 Å². The van der Waals surface area contributed by atoms with E-state index in [0.717, 1.165) is 0 Å². The Hall–Kier alpha value is -3.13. The van der Waals surface area contributed by atoms with Crippen LogP contribution in [0.5, 0.6) is 0 Å². The standard InChI is InChI=1S/C17H13FN4O2S/c1-19-17-21(16(11-25-17)13-7-3-4-8-14(13)18)20-10-12-6-2-5-9-15(12)22(23)24/h2-11H,1H3/b19-17?,20-10-. The Morgan fingerprint density at radius 2 is 1.92 bits per heavy atom. The molecule has 0 aliphatic carbocycles. The van der Waals surface area contributed by atoms with Gasteiger partial charge in [0, 0.05) is 24.1 Å². The van der Waals surface area contributed by atoms with Gasteiger partial charge in [-0.1, -0.05) is 24.3 Å². The highest BCUT2D eigenvalue weighted by atomic mass is 32.1. The van der Waals surface area contributed by atoms with Gasteiger partial charge in [0.1, 0.15) is 5.82 Å².